The fourth-order valence-corrected chi connectivity index (χ4v) is 3.83. The van der Waals surface area contributed by atoms with Gasteiger partial charge in [-0.05, 0) is 38.0 Å². The van der Waals surface area contributed by atoms with Gasteiger partial charge in [0.15, 0.2) is 5.13 Å². The summed E-state index contributed by atoms with van der Waals surface area (Å²) in [6.45, 7) is 2.82. The van der Waals surface area contributed by atoms with Gasteiger partial charge >= 0.3 is 0 Å². The molecule has 0 radical (unpaired) electrons. The minimum absolute atomic E-state index is 0.104. The fraction of sp³-hybridized carbons (Fsp3) is 0.333. The normalized spacial score (nSPS) is 19.1. The first kappa shape index (κ1) is 16.9. The first-order chi connectivity index (χ1) is 12.5. The van der Waals surface area contributed by atoms with Gasteiger partial charge in [0.05, 0.1) is 23.8 Å². The summed E-state index contributed by atoms with van der Waals surface area (Å²) in [4.78, 5) is 43.8. The number of rotatable bonds is 4. The van der Waals surface area contributed by atoms with Crippen LogP contribution < -0.4 is 5.32 Å². The maximum atomic E-state index is 12.6. The predicted octanol–water partition coefficient (Wildman–Crippen LogP) is 2.48. The Labute approximate surface area is 154 Å². The molecule has 7 nitrogen and oxygen atoms in total. The molecular formula is C18H17N3O4S. The molecule has 1 saturated heterocycles. The third-order valence-corrected chi connectivity index (χ3v) is 5.31. The van der Waals surface area contributed by atoms with Crippen LogP contribution >= 0.6 is 11.3 Å². The van der Waals surface area contributed by atoms with Gasteiger partial charge in [0.1, 0.15) is 0 Å². The molecule has 0 aliphatic carbocycles. The van der Waals surface area contributed by atoms with Crippen molar-refractivity contribution in [1.29, 1.82) is 0 Å². The Bertz CT molecular complexity index is 902. The van der Waals surface area contributed by atoms with Gasteiger partial charge in [-0.2, -0.15) is 0 Å². The van der Waals surface area contributed by atoms with E-state index in [0.717, 1.165) is 17.7 Å². The molecule has 26 heavy (non-hydrogen) atoms. The number of fused-ring (bicyclic) bond motifs is 1. The second kappa shape index (κ2) is 6.62. The van der Waals surface area contributed by atoms with E-state index in [9.17, 15) is 14.4 Å². The summed E-state index contributed by atoms with van der Waals surface area (Å²) in [5.41, 5.74) is 0.905. The number of nitrogens with one attached hydrogen (secondary N) is 1. The highest BCUT2D eigenvalue weighted by atomic mass is 32.1. The van der Waals surface area contributed by atoms with Crippen LogP contribution in [-0.4, -0.2) is 46.9 Å². The van der Waals surface area contributed by atoms with Crippen LogP contribution in [0.3, 0.4) is 0 Å². The van der Waals surface area contributed by atoms with E-state index in [1.165, 1.54) is 28.4 Å². The van der Waals surface area contributed by atoms with Crippen LogP contribution in [0.2, 0.25) is 0 Å². The van der Waals surface area contributed by atoms with Crippen LogP contribution in [0.15, 0.2) is 24.4 Å². The maximum Gasteiger partial charge on any atom is 0.261 e. The molecule has 1 aromatic heterocycles. The van der Waals surface area contributed by atoms with Crippen LogP contribution in [0.25, 0.3) is 0 Å². The Morgan fingerprint density at radius 1 is 1.35 bits per heavy atom. The first-order valence-corrected chi connectivity index (χ1v) is 9.20. The lowest BCUT2D eigenvalue weighted by atomic mass is 10.1. The number of amides is 3. The van der Waals surface area contributed by atoms with E-state index >= 15 is 0 Å². The van der Waals surface area contributed by atoms with E-state index in [4.69, 9.17) is 4.74 Å². The second-order valence-electron chi connectivity index (χ2n) is 6.35. The van der Waals surface area contributed by atoms with E-state index in [0.29, 0.717) is 22.9 Å². The van der Waals surface area contributed by atoms with Crippen LogP contribution in [0.1, 0.15) is 48.8 Å². The molecule has 3 amide bonds. The topological polar surface area (TPSA) is 88.6 Å². The molecule has 2 aliphatic rings. The molecule has 1 fully saturated rings. The summed E-state index contributed by atoms with van der Waals surface area (Å²) in [5.74, 6) is -1.07. The van der Waals surface area contributed by atoms with Crippen molar-refractivity contribution in [2.45, 2.75) is 25.9 Å². The molecule has 0 bridgehead atoms. The van der Waals surface area contributed by atoms with E-state index in [1.807, 2.05) is 6.92 Å². The maximum absolute atomic E-state index is 12.6. The molecule has 8 heteroatoms. The third kappa shape index (κ3) is 3.02. The smallest absolute Gasteiger partial charge is 0.261 e. The lowest BCUT2D eigenvalue weighted by Gasteiger charge is -2.17. The number of anilines is 1. The Morgan fingerprint density at radius 2 is 2.15 bits per heavy atom. The molecule has 0 saturated carbocycles. The van der Waals surface area contributed by atoms with Crippen molar-refractivity contribution in [2.75, 3.05) is 18.5 Å². The van der Waals surface area contributed by atoms with Crippen molar-refractivity contribution >= 4 is 34.2 Å². The zero-order valence-corrected chi connectivity index (χ0v) is 15.0. The largest absolute Gasteiger partial charge is 0.376 e. The van der Waals surface area contributed by atoms with Crippen molar-refractivity contribution in [3.05, 3.63) is 46.0 Å². The van der Waals surface area contributed by atoms with Crippen molar-refractivity contribution in [1.82, 2.24) is 9.88 Å². The molecule has 3 heterocycles. The number of nitrogens with zero attached hydrogens (tertiary/aromatic N) is 2. The van der Waals surface area contributed by atoms with Crippen molar-refractivity contribution < 1.29 is 19.1 Å². The van der Waals surface area contributed by atoms with Gasteiger partial charge in [-0.25, -0.2) is 4.98 Å². The van der Waals surface area contributed by atoms with Gasteiger partial charge in [-0.15, -0.1) is 11.3 Å². The standard InChI is InChI=1S/C18H17N3O4S/c1-10-8-19-18(26-10)20-15(22)11-4-5-13-14(7-11)17(24)21(16(13)23)9-12-3-2-6-25-12/h4-5,7-8,12H,2-3,6,9H2,1H3,(H,19,20,22). The van der Waals surface area contributed by atoms with Crippen molar-refractivity contribution in [3.63, 3.8) is 0 Å². The van der Waals surface area contributed by atoms with Crippen molar-refractivity contribution in [3.8, 4) is 0 Å². The summed E-state index contributed by atoms with van der Waals surface area (Å²) in [6.07, 6.45) is 3.35. The molecule has 2 aliphatic heterocycles. The molecule has 1 aromatic carbocycles. The molecule has 1 atom stereocenters. The number of carbonyl (C=O) groups excluding carboxylic acids is 3. The Hall–Kier alpha value is -2.58. The average Bonchev–Trinajstić information content (AvgIpc) is 3.33. The number of benzene rings is 1. The molecule has 4 rings (SSSR count). The zero-order valence-electron chi connectivity index (χ0n) is 14.2. The molecule has 1 unspecified atom stereocenters. The number of aryl methyl sites for hydroxylation is 1. The number of carbonyl (C=O) groups is 3. The molecule has 0 spiro atoms. The van der Waals surface area contributed by atoms with E-state index in [1.54, 1.807) is 12.3 Å². The number of imide groups is 1. The minimum Gasteiger partial charge on any atom is -0.376 e. The molecule has 1 N–H and O–H groups in total. The zero-order chi connectivity index (χ0) is 18.3. The highest BCUT2D eigenvalue weighted by Crippen LogP contribution is 2.26. The third-order valence-electron chi connectivity index (χ3n) is 4.48. The fourth-order valence-electron chi connectivity index (χ4n) is 3.17. The Morgan fingerprint density at radius 3 is 2.85 bits per heavy atom. The summed E-state index contributed by atoms with van der Waals surface area (Å²) in [6, 6.07) is 4.56. The van der Waals surface area contributed by atoms with Crippen molar-refractivity contribution in [2.24, 2.45) is 0 Å². The number of aromatic nitrogens is 1. The Balaban J connectivity index is 1.54. The number of hydrogen-bond donors (Lipinski definition) is 1. The van der Waals surface area contributed by atoms with Crippen LogP contribution in [0, 0.1) is 6.92 Å². The highest BCUT2D eigenvalue weighted by molar-refractivity contribution is 7.15. The minimum atomic E-state index is -0.375. The van der Waals surface area contributed by atoms with Gasteiger partial charge in [-0.3, -0.25) is 24.6 Å². The number of thiazole rings is 1. The summed E-state index contributed by atoms with van der Waals surface area (Å²) < 4.78 is 5.52. The van der Waals surface area contributed by atoms with Gasteiger partial charge in [0.2, 0.25) is 0 Å². The van der Waals surface area contributed by atoms with E-state index in [-0.39, 0.29) is 35.9 Å². The van der Waals surface area contributed by atoms with Gasteiger partial charge in [0, 0.05) is 23.2 Å². The van der Waals surface area contributed by atoms with Gasteiger partial charge < -0.3 is 4.74 Å². The lowest BCUT2D eigenvalue weighted by molar-refractivity contribution is 0.0475. The predicted molar refractivity (Wildman–Crippen MR) is 95.6 cm³/mol. The molecule has 2 aromatic rings. The lowest BCUT2D eigenvalue weighted by Crippen LogP contribution is -2.36. The van der Waals surface area contributed by atoms with Gasteiger partial charge in [0.25, 0.3) is 17.7 Å². The average molecular weight is 371 g/mol. The SMILES string of the molecule is Cc1cnc(NC(=O)c2ccc3c(c2)C(=O)N(CC2CCCO2)C3=O)s1. The summed E-state index contributed by atoms with van der Waals surface area (Å²) >= 11 is 1.37. The number of ether oxygens (including phenoxy) is 1. The number of hydrogen-bond acceptors (Lipinski definition) is 6. The van der Waals surface area contributed by atoms with Crippen LogP contribution in [-0.2, 0) is 4.74 Å². The first-order valence-electron chi connectivity index (χ1n) is 8.38. The molecule has 134 valence electrons. The van der Waals surface area contributed by atoms with Crippen LogP contribution in [0.4, 0.5) is 5.13 Å². The van der Waals surface area contributed by atoms with Crippen LogP contribution in [0.5, 0.6) is 0 Å². The quantitative estimate of drug-likeness (QED) is 0.834. The monoisotopic (exact) mass is 371 g/mol. The van der Waals surface area contributed by atoms with Gasteiger partial charge in [-0.1, -0.05) is 0 Å². The molecular weight excluding hydrogens is 354 g/mol. The van der Waals surface area contributed by atoms with E-state index < -0.39 is 0 Å². The second-order valence-corrected chi connectivity index (χ2v) is 7.58. The van der Waals surface area contributed by atoms with E-state index in [2.05, 4.69) is 10.3 Å². The summed E-state index contributed by atoms with van der Waals surface area (Å²) in [5, 5.41) is 3.20. The summed E-state index contributed by atoms with van der Waals surface area (Å²) in [7, 11) is 0. The Kier molecular flexibility index (Phi) is 4.29. The highest BCUT2D eigenvalue weighted by Gasteiger charge is 2.37.